The second-order valence-electron chi connectivity index (χ2n) is 34.2. The van der Waals surface area contributed by atoms with E-state index in [-0.39, 0.29) is 59.1 Å². The van der Waals surface area contributed by atoms with Gasteiger partial charge in [-0.3, -0.25) is 59.0 Å². The molecule has 8 aromatic rings. The van der Waals surface area contributed by atoms with Gasteiger partial charge in [0.05, 0.1) is 40.2 Å². The van der Waals surface area contributed by atoms with Crippen molar-refractivity contribution in [3.63, 3.8) is 0 Å². The molecule has 0 bridgehead atoms. The number of benzene rings is 4. The van der Waals surface area contributed by atoms with E-state index in [1.54, 1.807) is 78.8 Å². The van der Waals surface area contributed by atoms with E-state index in [0.29, 0.717) is 213 Å². The van der Waals surface area contributed by atoms with Crippen LogP contribution in [-0.2, 0) is 86.2 Å². The molecule has 664 valence electrons. The summed E-state index contributed by atoms with van der Waals surface area (Å²) in [5.74, 6) is -1.39. The zero-order chi connectivity index (χ0) is 87.5. The number of rotatable bonds is 12. The first-order chi connectivity index (χ1) is 59.4. The summed E-state index contributed by atoms with van der Waals surface area (Å²) in [5, 5.41) is 29.1. The Morgan fingerprint density at radius 2 is 0.573 bits per heavy atom. The Kier molecular flexibility index (Phi) is 26.7. The van der Waals surface area contributed by atoms with Crippen molar-refractivity contribution in [3.05, 3.63) is 209 Å². The first-order valence-electron chi connectivity index (χ1n) is 43.5. The topological polar surface area (TPSA) is 243 Å². The highest BCUT2D eigenvalue weighted by atomic mass is 19.4. The average Bonchev–Trinajstić information content (AvgIpc) is 1.66. The van der Waals surface area contributed by atoms with Crippen LogP contribution >= 0.6 is 0 Å². The molecule has 10 aliphatic rings. The van der Waals surface area contributed by atoms with Crippen LogP contribution in [0.15, 0.2) is 97.1 Å². The third-order valence-electron chi connectivity index (χ3n) is 27.0. The summed E-state index contributed by atoms with van der Waals surface area (Å²) >= 11 is 0. The number of aromatic nitrogens is 8. The van der Waals surface area contributed by atoms with Crippen molar-refractivity contribution >= 4 is 35.4 Å². The monoisotopic (exact) mass is 1730 g/mol. The predicted octanol–water partition coefficient (Wildman–Crippen LogP) is 16.2. The van der Waals surface area contributed by atoms with E-state index < -0.39 is 47.0 Å². The minimum atomic E-state index is -4.39. The van der Waals surface area contributed by atoms with Crippen molar-refractivity contribution in [2.75, 3.05) is 78.5 Å². The van der Waals surface area contributed by atoms with Gasteiger partial charge in [-0.25, -0.2) is 0 Å². The fraction of sp³-hybridized carbons (Fsp3) is 0.533. The minimum Gasteiger partial charge on any atom is -0.338 e. The molecule has 0 radical (unpaired) electrons. The molecule has 4 aromatic heterocycles. The first-order valence-corrected chi connectivity index (χ1v) is 43.5. The maximum absolute atomic E-state index is 13.4. The summed E-state index contributed by atoms with van der Waals surface area (Å²) in [6.07, 6.45) is -2.25. The number of halogens is 12. The Balaban J connectivity index is 0.000000128. The number of carbonyl (C=O) groups is 6. The van der Waals surface area contributed by atoms with E-state index in [9.17, 15) is 81.5 Å². The molecule has 12 heterocycles. The van der Waals surface area contributed by atoms with Gasteiger partial charge in [0.15, 0.2) is 22.8 Å². The lowest BCUT2D eigenvalue weighted by molar-refractivity contribution is -0.139. The number of H-pyrrole nitrogens is 4. The highest BCUT2D eigenvalue weighted by molar-refractivity contribution is 5.96. The van der Waals surface area contributed by atoms with Crippen LogP contribution in [0.4, 0.5) is 52.7 Å². The maximum atomic E-state index is 13.4. The van der Waals surface area contributed by atoms with Gasteiger partial charge in [0.25, 0.3) is 23.6 Å². The van der Waals surface area contributed by atoms with Crippen LogP contribution in [0.3, 0.4) is 0 Å². The number of likely N-dealkylation sites (tertiary alicyclic amines) is 4. The molecule has 0 unspecified atom stereocenters. The lowest BCUT2D eigenvalue weighted by Gasteiger charge is -2.39. The summed E-state index contributed by atoms with van der Waals surface area (Å²) in [5.41, 5.74) is 8.03. The normalized spacial score (nSPS) is 19.3. The van der Waals surface area contributed by atoms with Gasteiger partial charge < -0.3 is 29.4 Å². The zero-order valence-corrected chi connectivity index (χ0v) is 69.5. The number of fused-ring (bicyclic) bond motifs is 4. The van der Waals surface area contributed by atoms with Gasteiger partial charge in [0.2, 0.25) is 11.8 Å². The summed E-state index contributed by atoms with van der Waals surface area (Å²) in [7, 11) is 0. The molecule has 34 heteroatoms. The molecule has 4 N–H and O–H groups in total. The minimum absolute atomic E-state index is 0.0365. The molecule has 2 saturated carbocycles. The van der Waals surface area contributed by atoms with E-state index in [0.717, 1.165) is 108 Å². The van der Waals surface area contributed by atoms with E-state index in [2.05, 4.69) is 50.6 Å². The van der Waals surface area contributed by atoms with Crippen molar-refractivity contribution in [2.45, 2.75) is 229 Å². The predicted molar refractivity (Wildman–Crippen MR) is 434 cm³/mol. The van der Waals surface area contributed by atoms with Gasteiger partial charge in [0, 0.05) is 170 Å². The molecular weight excluding hydrogens is 1630 g/mol. The van der Waals surface area contributed by atoms with Gasteiger partial charge in [-0.2, -0.15) is 73.1 Å². The molecule has 124 heavy (non-hydrogen) atoms. The Bertz CT molecular complexity index is 5130. The number of alkyl halides is 12. The van der Waals surface area contributed by atoms with Crippen molar-refractivity contribution in [1.29, 1.82) is 0 Å². The van der Waals surface area contributed by atoms with Crippen molar-refractivity contribution in [1.82, 2.24) is 80.0 Å². The zero-order valence-electron chi connectivity index (χ0n) is 69.5. The smallest absolute Gasteiger partial charge is 0.338 e. The Morgan fingerprint density at radius 3 is 0.895 bits per heavy atom. The fourth-order valence-corrected chi connectivity index (χ4v) is 19.6. The van der Waals surface area contributed by atoms with Gasteiger partial charge in [-0.15, -0.1) is 0 Å². The Morgan fingerprint density at radius 1 is 0.306 bits per heavy atom. The highest BCUT2D eigenvalue weighted by Gasteiger charge is 2.44. The molecule has 18 rings (SSSR count). The lowest BCUT2D eigenvalue weighted by Crippen LogP contribution is -2.44. The molecule has 8 aliphatic heterocycles. The number of hydrogen-bond acceptors (Lipinski definition) is 12. The highest BCUT2D eigenvalue weighted by Crippen LogP contribution is 2.45. The van der Waals surface area contributed by atoms with Gasteiger partial charge in [-0.05, 0) is 160 Å². The third-order valence-corrected chi connectivity index (χ3v) is 27.0. The quantitative estimate of drug-likeness (QED) is 0.0835. The number of nitrogens with one attached hydrogen (secondary N) is 4. The lowest BCUT2D eigenvalue weighted by atomic mass is 9.86. The number of carbonyl (C=O) groups excluding carboxylic acids is 6. The maximum Gasteiger partial charge on any atom is 0.416 e. The molecule has 22 nitrogen and oxygen atoms in total. The molecule has 2 aliphatic carbocycles. The molecular formula is C90H104F12N16O6. The molecule has 4 saturated heterocycles. The summed E-state index contributed by atoms with van der Waals surface area (Å²) in [6, 6.07) is 24.3. The van der Waals surface area contributed by atoms with Crippen LogP contribution in [0.2, 0.25) is 0 Å². The van der Waals surface area contributed by atoms with E-state index in [1.807, 2.05) is 6.92 Å². The first kappa shape index (κ1) is 88.5. The van der Waals surface area contributed by atoms with Crippen LogP contribution in [-0.4, -0.2) is 206 Å². The fourth-order valence-electron chi connectivity index (χ4n) is 19.6. The van der Waals surface area contributed by atoms with Crippen molar-refractivity contribution in [3.8, 4) is 0 Å². The largest absolute Gasteiger partial charge is 0.416 e. The van der Waals surface area contributed by atoms with E-state index >= 15 is 0 Å². The average molecular weight is 1730 g/mol. The molecule has 0 spiro atoms. The number of aromatic amines is 4. The Labute approximate surface area is 710 Å². The third kappa shape index (κ3) is 19.4. The number of amides is 6. The molecule has 6 amide bonds. The van der Waals surface area contributed by atoms with Gasteiger partial charge in [-0.1, -0.05) is 99.5 Å². The van der Waals surface area contributed by atoms with Gasteiger partial charge >= 0.3 is 24.7 Å². The molecule has 4 aromatic carbocycles. The van der Waals surface area contributed by atoms with Crippen molar-refractivity contribution in [2.24, 2.45) is 0 Å². The van der Waals surface area contributed by atoms with Crippen molar-refractivity contribution < 1.29 is 81.5 Å². The number of piperidine rings is 4. The van der Waals surface area contributed by atoms with Crippen LogP contribution in [0.1, 0.15) is 272 Å². The van der Waals surface area contributed by atoms with E-state index in [1.165, 1.54) is 68.9 Å². The Hall–Kier alpha value is -10.4. The second kappa shape index (κ2) is 37.4. The molecule has 6 fully saturated rings. The van der Waals surface area contributed by atoms with Crippen LogP contribution in [0, 0.1) is 0 Å². The van der Waals surface area contributed by atoms with Gasteiger partial charge in [0.1, 0.15) is 0 Å². The van der Waals surface area contributed by atoms with E-state index in [4.69, 9.17) is 0 Å². The SMILES string of the molecule is CCC(=O)N1CCc2[nH]nc(C(=O)N3CCC(c4ccccc4C(F)(F)F)CC3)c2C1.CCC(=O)N1CCc2c(C(=O)N3CCC(c4ccccc4C(F)(F)F)CC3)n[nH]c2C1.O=C(c1n[nH]c2c1CCN(C1CCC1)C2)N1CCC(c2ccccc2C(F)(F)F)CC1.O=C(c1n[nH]c2c1CN(C1CCC1)CC2)N1CCC(c2ccccc2C(F)(F)F)CC1. The van der Waals surface area contributed by atoms with Crippen LogP contribution in [0.25, 0.3) is 0 Å². The summed E-state index contributed by atoms with van der Waals surface area (Å²) in [6.45, 7) is 12.4. The molecule has 0 atom stereocenters. The van der Waals surface area contributed by atoms with Crippen LogP contribution < -0.4 is 0 Å². The summed E-state index contributed by atoms with van der Waals surface area (Å²) < 4.78 is 160. The number of hydrogen-bond donors (Lipinski definition) is 4. The summed E-state index contributed by atoms with van der Waals surface area (Å²) in [4.78, 5) is 91.8. The second-order valence-corrected chi connectivity index (χ2v) is 34.2. The standard InChI is InChI=1S/2C23H27F3N4O.2C22H25F3N4O2/c24-23(25,26)19-7-2-1-6-17(19)15-8-11-29(12-9-15)22(31)21-18-14-30(16-4-3-5-16)13-10-20(18)27-28-21;24-23(25,26)19-7-2-1-6-17(19)15-8-11-29(12-9-15)22(31)21-18-10-13-30(16-4-3-5-16)14-20(18)27-28-21;1-2-19(30)29-12-9-18-16(13-29)20(27-26-18)21(31)28-10-7-14(8-11-28)15-5-3-4-6-17(15)22(23,24)25;1-2-19(30)29-12-9-16-18(13-29)26-27-20(16)21(31)28-10-7-14(8-11-28)15-5-3-4-6-17(15)22(23,24)25/h2*1-2,6-7,15-16H,3-5,8-14H2,(H,27,28);2*3-6,14H,2,7-13H2,1H3,(H,26,27). The number of nitrogens with zero attached hydrogens (tertiary/aromatic N) is 12. The van der Waals surface area contributed by atoms with Crippen LogP contribution in [0.5, 0.6) is 0 Å².